The first-order valence-electron chi connectivity index (χ1n) is 7.44. The third kappa shape index (κ3) is 1.51. The average Bonchev–Trinajstić information content (AvgIpc) is 2.71. The monoisotopic (exact) mass is 270 g/mol. The van der Waals surface area contributed by atoms with Crippen LogP contribution in [0.25, 0.3) is 0 Å². The summed E-state index contributed by atoms with van der Waals surface area (Å²) in [7, 11) is 0. The maximum absolute atomic E-state index is 12.8. The number of hydrogen-bond donors (Lipinski definition) is 0. The van der Waals surface area contributed by atoms with E-state index in [0.29, 0.717) is 5.56 Å². The maximum atomic E-state index is 12.8. The second-order valence-corrected chi connectivity index (χ2v) is 7.27. The van der Waals surface area contributed by atoms with Crippen LogP contribution in [0, 0.1) is 29.6 Å². The summed E-state index contributed by atoms with van der Waals surface area (Å²) in [4.78, 5) is 25.5. The standard InChI is InChI=1S/C18H22O2/c1-11-5-7-12(8-6-11)15(19)14-13-9-10-18(4,16(14)20)17(13,2)3/h5-8,13-14H,9-10H2,1-4H3/t13-,14+,18-/m1/s1. The van der Waals surface area contributed by atoms with E-state index in [2.05, 4.69) is 20.8 Å². The van der Waals surface area contributed by atoms with Crippen molar-refractivity contribution in [1.29, 1.82) is 0 Å². The van der Waals surface area contributed by atoms with Gasteiger partial charge in [-0.3, -0.25) is 9.59 Å². The predicted octanol–water partition coefficient (Wildman–Crippen LogP) is 3.82. The summed E-state index contributed by atoms with van der Waals surface area (Å²) in [6, 6.07) is 7.59. The van der Waals surface area contributed by atoms with Gasteiger partial charge in [-0.05, 0) is 31.1 Å². The van der Waals surface area contributed by atoms with Crippen molar-refractivity contribution in [3.63, 3.8) is 0 Å². The molecule has 0 amide bonds. The fourth-order valence-electron chi connectivity index (χ4n) is 4.29. The van der Waals surface area contributed by atoms with Crippen molar-refractivity contribution in [2.75, 3.05) is 0 Å². The zero-order chi connectivity index (χ0) is 14.7. The maximum Gasteiger partial charge on any atom is 0.173 e. The molecule has 2 nitrogen and oxygen atoms in total. The highest BCUT2D eigenvalue weighted by molar-refractivity contribution is 6.14. The minimum atomic E-state index is -0.425. The van der Waals surface area contributed by atoms with Crippen molar-refractivity contribution >= 4 is 11.6 Å². The van der Waals surface area contributed by atoms with Crippen LogP contribution >= 0.6 is 0 Å². The first-order valence-corrected chi connectivity index (χ1v) is 7.44. The van der Waals surface area contributed by atoms with Crippen molar-refractivity contribution < 1.29 is 9.59 Å². The van der Waals surface area contributed by atoms with Gasteiger partial charge in [-0.25, -0.2) is 0 Å². The van der Waals surface area contributed by atoms with Crippen LogP contribution in [0.2, 0.25) is 0 Å². The van der Waals surface area contributed by atoms with Crippen LogP contribution in [0.15, 0.2) is 24.3 Å². The molecule has 2 saturated carbocycles. The van der Waals surface area contributed by atoms with Gasteiger partial charge in [0, 0.05) is 11.0 Å². The van der Waals surface area contributed by atoms with Crippen LogP contribution < -0.4 is 0 Å². The Morgan fingerprint density at radius 3 is 2.25 bits per heavy atom. The molecule has 1 aromatic carbocycles. The first kappa shape index (κ1) is 13.5. The molecule has 1 aromatic rings. The highest BCUT2D eigenvalue weighted by Crippen LogP contribution is 2.66. The molecule has 0 spiro atoms. The van der Waals surface area contributed by atoms with Crippen LogP contribution in [0.1, 0.15) is 49.5 Å². The van der Waals surface area contributed by atoms with Gasteiger partial charge < -0.3 is 0 Å². The number of carbonyl (C=O) groups is 2. The van der Waals surface area contributed by atoms with E-state index in [1.165, 1.54) is 0 Å². The summed E-state index contributed by atoms with van der Waals surface area (Å²) in [6.07, 6.45) is 1.93. The van der Waals surface area contributed by atoms with Crippen molar-refractivity contribution in [2.24, 2.45) is 22.7 Å². The quantitative estimate of drug-likeness (QED) is 0.605. The van der Waals surface area contributed by atoms with E-state index in [4.69, 9.17) is 0 Å². The fraction of sp³-hybridized carbons (Fsp3) is 0.556. The summed E-state index contributed by atoms with van der Waals surface area (Å²) in [6.45, 7) is 8.37. The lowest BCUT2D eigenvalue weighted by molar-refractivity contribution is -0.130. The molecular formula is C18H22O2. The van der Waals surface area contributed by atoms with Gasteiger partial charge in [0.15, 0.2) is 5.78 Å². The molecule has 2 fully saturated rings. The van der Waals surface area contributed by atoms with E-state index in [-0.39, 0.29) is 28.3 Å². The van der Waals surface area contributed by atoms with Crippen LogP contribution in [0.4, 0.5) is 0 Å². The van der Waals surface area contributed by atoms with Gasteiger partial charge in [-0.1, -0.05) is 50.6 Å². The average molecular weight is 270 g/mol. The van der Waals surface area contributed by atoms with Gasteiger partial charge in [0.1, 0.15) is 5.78 Å². The van der Waals surface area contributed by atoms with Crippen molar-refractivity contribution in [2.45, 2.75) is 40.5 Å². The van der Waals surface area contributed by atoms with Crippen LogP contribution in [0.3, 0.4) is 0 Å². The fourth-order valence-corrected chi connectivity index (χ4v) is 4.29. The lowest BCUT2D eigenvalue weighted by Crippen LogP contribution is -2.35. The third-order valence-corrected chi connectivity index (χ3v) is 6.15. The normalized spacial score (nSPS) is 34.5. The molecule has 2 aliphatic carbocycles. The van der Waals surface area contributed by atoms with Crippen LogP contribution in [-0.2, 0) is 4.79 Å². The molecule has 0 N–H and O–H groups in total. The molecule has 3 rings (SSSR count). The SMILES string of the molecule is Cc1ccc(C(=O)[C@H]2C(=O)[C@@]3(C)CC[C@H]2C3(C)C)cc1. The summed E-state index contributed by atoms with van der Waals surface area (Å²) in [5.41, 5.74) is 1.44. The van der Waals surface area contributed by atoms with Gasteiger partial charge in [-0.15, -0.1) is 0 Å². The zero-order valence-corrected chi connectivity index (χ0v) is 12.7. The minimum Gasteiger partial charge on any atom is -0.298 e. The molecular weight excluding hydrogens is 248 g/mol. The number of carbonyl (C=O) groups excluding carboxylic acids is 2. The van der Waals surface area contributed by atoms with Crippen LogP contribution in [0.5, 0.6) is 0 Å². The van der Waals surface area contributed by atoms with E-state index in [1.54, 1.807) is 0 Å². The Bertz CT molecular complexity index is 582. The van der Waals surface area contributed by atoms with Gasteiger partial charge in [-0.2, -0.15) is 0 Å². The van der Waals surface area contributed by atoms with E-state index >= 15 is 0 Å². The highest BCUT2D eigenvalue weighted by atomic mass is 16.2. The molecule has 2 aliphatic rings. The second-order valence-electron chi connectivity index (χ2n) is 7.27. The summed E-state index contributed by atoms with van der Waals surface area (Å²) in [5.74, 6) is -0.0268. The van der Waals surface area contributed by atoms with E-state index < -0.39 is 5.92 Å². The minimum absolute atomic E-state index is 0.0245. The van der Waals surface area contributed by atoms with Gasteiger partial charge in [0.05, 0.1) is 5.92 Å². The molecule has 20 heavy (non-hydrogen) atoms. The molecule has 0 aliphatic heterocycles. The molecule has 0 radical (unpaired) electrons. The van der Waals surface area contributed by atoms with E-state index in [1.807, 2.05) is 31.2 Å². The summed E-state index contributed by atoms with van der Waals surface area (Å²) >= 11 is 0. The Morgan fingerprint density at radius 1 is 1.15 bits per heavy atom. The van der Waals surface area contributed by atoms with E-state index in [0.717, 1.165) is 18.4 Å². The topological polar surface area (TPSA) is 34.1 Å². The molecule has 106 valence electrons. The number of ketones is 2. The zero-order valence-electron chi connectivity index (χ0n) is 12.7. The van der Waals surface area contributed by atoms with E-state index in [9.17, 15) is 9.59 Å². The lowest BCUT2D eigenvalue weighted by Gasteiger charge is -2.32. The Morgan fingerprint density at radius 2 is 1.75 bits per heavy atom. The molecule has 3 atom stereocenters. The predicted molar refractivity (Wildman–Crippen MR) is 78.6 cm³/mol. The number of Topliss-reactive ketones (excluding diaryl/α,β-unsaturated/α-hetero) is 2. The summed E-state index contributed by atoms with van der Waals surface area (Å²) < 4.78 is 0. The van der Waals surface area contributed by atoms with Gasteiger partial charge in [0.2, 0.25) is 0 Å². The van der Waals surface area contributed by atoms with Crippen molar-refractivity contribution in [3.05, 3.63) is 35.4 Å². The number of aryl methyl sites for hydroxylation is 1. The van der Waals surface area contributed by atoms with Crippen LogP contribution in [-0.4, -0.2) is 11.6 Å². The molecule has 2 bridgehead atoms. The smallest absolute Gasteiger partial charge is 0.173 e. The summed E-state index contributed by atoms with van der Waals surface area (Å²) in [5, 5.41) is 0. The second kappa shape index (κ2) is 4.03. The first-order chi connectivity index (χ1) is 9.29. The molecule has 0 heterocycles. The number of rotatable bonds is 2. The highest BCUT2D eigenvalue weighted by Gasteiger charge is 2.67. The van der Waals surface area contributed by atoms with Gasteiger partial charge >= 0.3 is 0 Å². The molecule has 0 unspecified atom stereocenters. The lowest BCUT2D eigenvalue weighted by atomic mass is 9.70. The Balaban J connectivity index is 1.98. The Kier molecular flexibility index (Phi) is 2.73. The van der Waals surface area contributed by atoms with Crippen molar-refractivity contribution in [1.82, 2.24) is 0 Å². The number of hydrogen-bond acceptors (Lipinski definition) is 2. The third-order valence-electron chi connectivity index (χ3n) is 6.15. The Labute approximate surface area is 120 Å². The molecule has 0 aromatic heterocycles. The molecule has 2 heteroatoms. The Hall–Kier alpha value is -1.44. The number of fused-ring (bicyclic) bond motifs is 2. The van der Waals surface area contributed by atoms with Gasteiger partial charge in [0.25, 0.3) is 0 Å². The number of benzene rings is 1. The largest absolute Gasteiger partial charge is 0.298 e. The molecule has 0 saturated heterocycles. The van der Waals surface area contributed by atoms with Crippen molar-refractivity contribution in [3.8, 4) is 0 Å².